The molecule has 6 nitrogen and oxygen atoms in total. The van der Waals surface area contributed by atoms with Gasteiger partial charge in [-0.05, 0) is 48.6 Å². The number of piperidine rings is 1. The van der Waals surface area contributed by atoms with Crippen LogP contribution in [0.15, 0.2) is 47.4 Å². The maximum Gasteiger partial charge on any atom is 0.246 e. The average molecular weight is 449 g/mol. The molecule has 0 saturated carbocycles. The van der Waals surface area contributed by atoms with Gasteiger partial charge in [-0.25, -0.2) is 8.42 Å². The van der Waals surface area contributed by atoms with Gasteiger partial charge in [-0.2, -0.15) is 4.31 Å². The molecule has 2 aliphatic heterocycles. The molecule has 1 saturated heterocycles. The highest BCUT2D eigenvalue weighted by Crippen LogP contribution is 2.32. The molecule has 0 radical (unpaired) electrons. The van der Waals surface area contributed by atoms with Crippen molar-refractivity contribution in [3.05, 3.63) is 58.6 Å². The summed E-state index contributed by atoms with van der Waals surface area (Å²) in [6, 6.07) is 12.7. The van der Waals surface area contributed by atoms with Gasteiger partial charge >= 0.3 is 0 Å². The minimum absolute atomic E-state index is 0.0301. The Labute approximate surface area is 182 Å². The topological polar surface area (TPSA) is 66.9 Å². The third-order valence-corrected chi connectivity index (χ3v) is 8.04. The van der Waals surface area contributed by atoms with E-state index in [1.807, 2.05) is 17.0 Å². The molecule has 1 atom stereocenters. The van der Waals surface area contributed by atoms with Crippen molar-refractivity contribution < 1.29 is 17.9 Å². The van der Waals surface area contributed by atoms with Crippen molar-refractivity contribution >= 4 is 27.5 Å². The Kier molecular flexibility index (Phi) is 6.04. The standard InChI is InChI=1S/C22H25ClN2O4S/c1-29-20-9-8-19(23)13-21(20)30(27,28)25-11-4-7-18(15-25)22(26)24-12-10-16-5-2-3-6-17(16)14-24/h2-3,5-6,8-9,13,18H,4,7,10-12,14-15H2,1H3/t18-/m0/s1. The normalized spacial score (nSPS) is 19.9. The average Bonchev–Trinajstić information content (AvgIpc) is 2.78. The molecular formula is C22H25ClN2O4S. The first-order chi connectivity index (χ1) is 14.4. The van der Waals surface area contributed by atoms with Crippen LogP contribution in [0.5, 0.6) is 5.75 Å². The number of hydrogen-bond donors (Lipinski definition) is 0. The number of nitrogens with zero attached hydrogens (tertiary/aromatic N) is 2. The summed E-state index contributed by atoms with van der Waals surface area (Å²) in [7, 11) is -2.39. The Balaban J connectivity index is 1.52. The first kappa shape index (κ1) is 21.2. The van der Waals surface area contributed by atoms with Crippen LogP contribution in [0.25, 0.3) is 0 Å². The Morgan fingerprint density at radius 2 is 1.90 bits per heavy atom. The molecule has 0 N–H and O–H groups in total. The minimum atomic E-state index is -3.82. The molecule has 2 aliphatic rings. The fraction of sp³-hybridized carbons (Fsp3) is 0.409. The van der Waals surface area contributed by atoms with Gasteiger partial charge in [-0.15, -0.1) is 0 Å². The molecule has 2 aromatic carbocycles. The van der Waals surface area contributed by atoms with Crippen LogP contribution >= 0.6 is 11.6 Å². The van der Waals surface area contributed by atoms with E-state index in [1.54, 1.807) is 12.1 Å². The Bertz CT molecular complexity index is 1060. The van der Waals surface area contributed by atoms with Crippen LogP contribution in [0, 0.1) is 5.92 Å². The van der Waals surface area contributed by atoms with Gasteiger partial charge < -0.3 is 9.64 Å². The summed E-state index contributed by atoms with van der Waals surface area (Å²) in [5, 5.41) is 0.325. The first-order valence-electron chi connectivity index (χ1n) is 10.1. The number of rotatable bonds is 4. The molecule has 1 amide bonds. The highest BCUT2D eigenvalue weighted by Gasteiger charge is 2.37. The van der Waals surface area contributed by atoms with Crippen molar-refractivity contribution in [2.75, 3.05) is 26.7 Å². The molecule has 4 rings (SSSR count). The third-order valence-electron chi connectivity index (χ3n) is 5.92. The molecule has 160 valence electrons. The van der Waals surface area contributed by atoms with E-state index in [1.165, 1.54) is 28.6 Å². The van der Waals surface area contributed by atoms with Gasteiger partial charge in [0.1, 0.15) is 10.6 Å². The molecule has 0 spiro atoms. The largest absolute Gasteiger partial charge is 0.495 e. The SMILES string of the molecule is COc1ccc(Cl)cc1S(=O)(=O)N1CCC[C@H](C(=O)N2CCc3ccccc3C2)C1. The first-order valence-corrected chi connectivity index (χ1v) is 11.9. The van der Waals surface area contributed by atoms with Crippen LogP contribution in [0.2, 0.25) is 5.02 Å². The number of amides is 1. The zero-order valence-electron chi connectivity index (χ0n) is 16.9. The van der Waals surface area contributed by atoms with E-state index in [2.05, 4.69) is 12.1 Å². The number of methoxy groups -OCH3 is 1. The monoisotopic (exact) mass is 448 g/mol. The minimum Gasteiger partial charge on any atom is -0.495 e. The number of hydrogen-bond acceptors (Lipinski definition) is 4. The number of carbonyl (C=O) groups excluding carboxylic acids is 1. The number of carbonyl (C=O) groups is 1. The van der Waals surface area contributed by atoms with E-state index in [9.17, 15) is 13.2 Å². The molecule has 0 unspecified atom stereocenters. The van der Waals surface area contributed by atoms with Gasteiger partial charge in [-0.1, -0.05) is 35.9 Å². The molecule has 2 aromatic rings. The van der Waals surface area contributed by atoms with Crippen molar-refractivity contribution in [2.24, 2.45) is 5.92 Å². The molecule has 0 aliphatic carbocycles. The van der Waals surface area contributed by atoms with Crippen molar-refractivity contribution in [1.82, 2.24) is 9.21 Å². The third kappa shape index (κ3) is 4.06. The van der Waals surface area contributed by atoms with E-state index < -0.39 is 10.0 Å². The number of halogens is 1. The summed E-state index contributed by atoms with van der Waals surface area (Å²) < 4.78 is 33.2. The molecule has 8 heteroatoms. The van der Waals surface area contributed by atoms with Crippen LogP contribution in [0.4, 0.5) is 0 Å². The summed E-state index contributed by atoms with van der Waals surface area (Å²) in [4.78, 5) is 15.1. The van der Waals surface area contributed by atoms with E-state index in [-0.39, 0.29) is 29.0 Å². The van der Waals surface area contributed by atoms with Gasteiger partial charge in [0.2, 0.25) is 15.9 Å². The zero-order chi connectivity index (χ0) is 21.3. The Morgan fingerprint density at radius 1 is 1.13 bits per heavy atom. The summed E-state index contributed by atoms with van der Waals surface area (Å²) in [6.45, 7) is 1.81. The molecule has 30 heavy (non-hydrogen) atoms. The number of ether oxygens (including phenoxy) is 1. The lowest BCUT2D eigenvalue weighted by molar-refractivity contribution is -0.137. The predicted molar refractivity (Wildman–Crippen MR) is 115 cm³/mol. The van der Waals surface area contributed by atoms with E-state index in [0.717, 1.165) is 6.42 Å². The van der Waals surface area contributed by atoms with Crippen LogP contribution in [0.1, 0.15) is 24.0 Å². The maximum atomic E-state index is 13.3. The van der Waals surface area contributed by atoms with E-state index in [0.29, 0.717) is 37.5 Å². The lowest BCUT2D eigenvalue weighted by atomic mass is 9.95. The smallest absolute Gasteiger partial charge is 0.246 e. The highest BCUT2D eigenvalue weighted by molar-refractivity contribution is 7.89. The van der Waals surface area contributed by atoms with E-state index in [4.69, 9.17) is 16.3 Å². The second-order valence-corrected chi connectivity index (χ2v) is 10.1. The van der Waals surface area contributed by atoms with Crippen molar-refractivity contribution in [1.29, 1.82) is 0 Å². The molecule has 2 heterocycles. The van der Waals surface area contributed by atoms with E-state index >= 15 is 0 Å². The van der Waals surface area contributed by atoms with Gasteiger partial charge in [0.05, 0.1) is 13.0 Å². The maximum absolute atomic E-state index is 13.3. The summed E-state index contributed by atoms with van der Waals surface area (Å²) >= 11 is 6.04. The fourth-order valence-corrected chi connectivity index (χ4v) is 6.24. The predicted octanol–water partition coefficient (Wildman–Crippen LogP) is 3.33. The van der Waals surface area contributed by atoms with Crippen LogP contribution in [-0.4, -0.2) is 50.3 Å². The van der Waals surface area contributed by atoms with Crippen LogP contribution in [0.3, 0.4) is 0 Å². The molecule has 0 aromatic heterocycles. The second kappa shape index (κ2) is 8.57. The summed E-state index contributed by atoms with van der Waals surface area (Å²) in [6.07, 6.45) is 2.16. The lowest BCUT2D eigenvalue weighted by Gasteiger charge is -2.36. The van der Waals surface area contributed by atoms with Crippen LogP contribution < -0.4 is 4.74 Å². The number of sulfonamides is 1. The van der Waals surface area contributed by atoms with Crippen molar-refractivity contribution in [3.8, 4) is 5.75 Å². The lowest BCUT2D eigenvalue weighted by Crippen LogP contribution is -2.47. The van der Waals surface area contributed by atoms with Gasteiger partial charge in [0, 0.05) is 31.2 Å². The summed E-state index contributed by atoms with van der Waals surface area (Å²) in [5.74, 6) is -0.0630. The fourth-order valence-electron chi connectivity index (χ4n) is 4.30. The van der Waals surface area contributed by atoms with Crippen molar-refractivity contribution in [2.45, 2.75) is 30.7 Å². The zero-order valence-corrected chi connectivity index (χ0v) is 18.5. The van der Waals surface area contributed by atoms with Gasteiger partial charge in [-0.3, -0.25) is 4.79 Å². The summed E-state index contributed by atoms with van der Waals surface area (Å²) in [5.41, 5.74) is 2.45. The van der Waals surface area contributed by atoms with Gasteiger partial charge in [0.25, 0.3) is 0 Å². The highest BCUT2D eigenvalue weighted by atomic mass is 35.5. The Morgan fingerprint density at radius 3 is 2.67 bits per heavy atom. The number of benzene rings is 2. The molecule has 1 fully saturated rings. The molecular weight excluding hydrogens is 424 g/mol. The second-order valence-electron chi connectivity index (χ2n) is 7.78. The Hall–Kier alpha value is -2.09. The molecule has 0 bridgehead atoms. The number of fused-ring (bicyclic) bond motifs is 1. The quantitative estimate of drug-likeness (QED) is 0.719. The van der Waals surface area contributed by atoms with Gasteiger partial charge in [0.15, 0.2) is 0 Å². The van der Waals surface area contributed by atoms with Crippen LogP contribution in [-0.2, 0) is 27.8 Å². The van der Waals surface area contributed by atoms with Crippen molar-refractivity contribution in [3.63, 3.8) is 0 Å².